The van der Waals surface area contributed by atoms with Crippen molar-refractivity contribution < 1.29 is 18.8 Å². The van der Waals surface area contributed by atoms with Gasteiger partial charge in [0.2, 0.25) is 17.6 Å². The van der Waals surface area contributed by atoms with E-state index in [2.05, 4.69) is 14.9 Å². The molecule has 8 heteroatoms. The Morgan fingerprint density at radius 2 is 1.96 bits per heavy atom. The zero-order valence-electron chi connectivity index (χ0n) is 14.2. The first-order valence-corrected chi connectivity index (χ1v) is 8.26. The third kappa shape index (κ3) is 5.86. The van der Waals surface area contributed by atoms with Crippen LogP contribution in [-0.2, 0) is 20.7 Å². The number of aryl methyl sites for hydroxylation is 1. The van der Waals surface area contributed by atoms with Crippen molar-refractivity contribution in [3.63, 3.8) is 0 Å². The summed E-state index contributed by atoms with van der Waals surface area (Å²) in [6.45, 7) is 0.494. The molecule has 1 aromatic carbocycles. The maximum Gasteiger partial charge on any atom is 0.305 e. The molecule has 0 unspecified atom stereocenters. The van der Waals surface area contributed by atoms with Gasteiger partial charge in [-0.1, -0.05) is 16.8 Å². The minimum atomic E-state index is -0.276. The molecule has 0 fully saturated rings. The fourth-order valence-corrected chi connectivity index (χ4v) is 2.29. The number of aromatic nitrogens is 2. The lowest BCUT2D eigenvalue weighted by atomic mass is 10.2. The summed E-state index contributed by atoms with van der Waals surface area (Å²) in [6, 6.07) is 7.11. The van der Waals surface area contributed by atoms with Crippen LogP contribution < -0.4 is 0 Å². The first-order chi connectivity index (χ1) is 12.0. The SMILES string of the molecule is COC(=O)CCCN(C)C(=O)CCc1nc(-c2ccc(Cl)cc2)no1. The maximum absolute atomic E-state index is 12.1. The quantitative estimate of drug-likeness (QED) is 0.668. The highest BCUT2D eigenvalue weighted by Gasteiger charge is 2.13. The molecule has 0 bridgehead atoms. The number of nitrogens with zero attached hydrogens (tertiary/aromatic N) is 3. The smallest absolute Gasteiger partial charge is 0.305 e. The lowest BCUT2D eigenvalue weighted by Crippen LogP contribution is -2.28. The van der Waals surface area contributed by atoms with Crippen molar-refractivity contribution >= 4 is 23.5 Å². The molecule has 0 aliphatic carbocycles. The maximum atomic E-state index is 12.1. The molecule has 1 amide bonds. The molecule has 2 aromatic rings. The van der Waals surface area contributed by atoms with Gasteiger partial charge in [0.05, 0.1) is 7.11 Å². The van der Waals surface area contributed by atoms with Crippen LogP contribution in [0.15, 0.2) is 28.8 Å². The minimum absolute atomic E-state index is 0.0453. The molecule has 2 rings (SSSR count). The Morgan fingerprint density at radius 3 is 2.64 bits per heavy atom. The van der Waals surface area contributed by atoms with Gasteiger partial charge in [-0.05, 0) is 30.7 Å². The number of hydrogen-bond acceptors (Lipinski definition) is 6. The van der Waals surface area contributed by atoms with E-state index in [1.807, 2.05) is 0 Å². The highest BCUT2D eigenvalue weighted by molar-refractivity contribution is 6.30. The molecule has 0 saturated carbocycles. The van der Waals surface area contributed by atoms with Gasteiger partial charge in [-0.3, -0.25) is 9.59 Å². The standard InChI is InChI=1S/C17H20ClN3O4/c1-21(11-3-4-16(23)24-2)15(22)10-9-14-19-17(20-25-14)12-5-7-13(18)8-6-12/h5-8H,3-4,9-11H2,1-2H3. The Balaban J connectivity index is 1.80. The largest absolute Gasteiger partial charge is 0.469 e. The number of halogens is 1. The third-order valence-electron chi connectivity index (χ3n) is 3.65. The van der Waals surface area contributed by atoms with Crippen molar-refractivity contribution in [1.29, 1.82) is 0 Å². The highest BCUT2D eigenvalue weighted by Crippen LogP contribution is 2.19. The summed E-state index contributed by atoms with van der Waals surface area (Å²) < 4.78 is 9.75. The Bertz CT molecular complexity index is 715. The van der Waals surface area contributed by atoms with Crippen molar-refractivity contribution in [1.82, 2.24) is 15.0 Å². The normalized spacial score (nSPS) is 10.5. The Morgan fingerprint density at radius 1 is 1.24 bits per heavy atom. The average molecular weight is 366 g/mol. The van der Waals surface area contributed by atoms with E-state index in [1.165, 1.54) is 7.11 Å². The first kappa shape index (κ1) is 18.9. The molecule has 25 heavy (non-hydrogen) atoms. The van der Waals surface area contributed by atoms with Gasteiger partial charge in [0.1, 0.15) is 0 Å². The summed E-state index contributed by atoms with van der Waals surface area (Å²) in [6.07, 6.45) is 1.48. The molecule has 0 N–H and O–H groups in total. The summed E-state index contributed by atoms with van der Waals surface area (Å²) in [5.74, 6) is 0.546. The molecule has 0 atom stereocenters. The lowest BCUT2D eigenvalue weighted by Gasteiger charge is -2.16. The number of hydrogen-bond donors (Lipinski definition) is 0. The van der Waals surface area contributed by atoms with E-state index in [9.17, 15) is 9.59 Å². The van der Waals surface area contributed by atoms with Crippen molar-refractivity contribution in [3.8, 4) is 11.4 Å². The van der Waals surface area contributed by atoms with E-state index in [4.69, 9.17) is 16.1 Å². The summed E-state index contributed by atoms with van der Waals surface area (Å²) in [4.78, 5) is 29.0. The van der Waals surface area contributed by atoms with Crippen molar-refractivity contribution in [2.24, 2.45) is 0 Å². The summed E-state index contributed by atoms with van der Waals surface area (Å²) >= 11 is 5.85. The molecule has 1 aromatic heterocycles. The van der Waals surface area contributed by atoms with Crippen LogP contribution in [0.25, 0.3) is 11.4 Å². The molecule has 1 heterocycles. The number of benzene rings is 1. The fraction of sp³-hybridized carbons (Fsp3) is 0.412. The van der Waals surface area contributed by atoms with Crippen LogP contribution in [0.2, 0.25) is 5.02 Å². The number of rotatable bonds is 8. The van der Waals surface area contributed by atoms with E-state index in [0.717, 1.165) is 5.56 Å². The molecule has 0 radical (unpaired) electrons. The molecule has 0 spiro atoms. The lowest BCUT2D eigenvalue weighted by molar-refractivity contribution is -0.141. The van der Waals surface area contributed by atoms with Crippen molar-refractivity contribution in [2.45, 2.75) is 25.7 Å². The predicted molar refractivity (Wildman–Crippen MR) is 92.0 cm³/mol. The molecular formula is C17H20ClN3O4. The number of carbonyl (C=O) groups excluding carboxylic acids is 2. The molecule has 7 nitrogen and oxygen atoms in total. The second-order valence-electron chi connectivity index (χ2n) is 5.51. The van der Waals surface area contributed by atoms with Crippen LogP contribution in [-0.4, -0.2) is 47.6 Å². The average Bonchev–Trinajstić information content (AvgIpc) is 3.08. The molecular weight excluding hydrogens is 346 g/mol. The molecule has 0 saturated heterocycles. The van der Waals surface area contributed by atoms with Crippen molar-refractivity contribution in [3.05, 3.63) is 35.2 Å². The first-order valence-electron chi connectivity index (χ1n) is 7.89. The zero-order chi connectivity index (χ0) is 18.2. The second-order valence-corrected chi connectivity index (χ2v) is 5.95. The van der Waals surface area contributed by atoms with Gasteiger partial charge < -0.3 is 14.2 Å². The monoisotopic (exact) mass is 365 g/mol. The van der Waals surface area contributed by atoms with Crippen LogP contribution in [0.3, 0.4) is 0 Å². The number of amides is 1. The Kier molecular flexibility index (Phi) is 6.94. The van der Waals surface area contributed by atoms with Crippen LogP contribution in [0.5, 0.6) is 0 Å². The van der Waals surface area contributed by atoms with Gasteiger partial charge in [0.25, 0.3) is 0 Å². The van der Waals surface area contributed by atoms with Gasteiger partial charge in [0, 0.05) is 43.4 Å². The summed E-state index contributed by atoms with van der Waals surface area (Å²) in [5, 5.41) is 4.54. The molecule has 134 valence electrons. The topological polar surface area (TPSA) is 85.5 Å². The Labute approximate surface area is 150 Å². The molecule has 0 aliphatic heterocycles. The van der Waals surface area contributed by atoms with E-state index >= 15 is 0 Å². The number of ether oxygens (including phenoxy) is 1. The van der Waals surface area contributed by atoms with E-state index in [1.54, 1.807) is 36.2 Å². The summed E-state index contributed by atoms with van der Waals surface area (Å²) in [7, 11) is 3.05. The fourth-order valence-electron chi connectivity index (χ4n) is 2.16. The van der Waals surface area contributed by atoms with Gasteiger partial charge in [0.15, 0.2) is 0 Å². The van der Waals surface area contributed by atoms with Crippen LogP contribution >= 0.6 is 11.6 Å². The van der Waals surface area contributed by atoms with E-state index in [-0.39, 0.29) is 18.3 Å². The van der Waals surface area contributed by atoms with Crippen LogP contribution in [0.4, 0.5) is 0 Å². The number of carbonyl (C=O) groups is 2. The van der Waals surface area contributed by atoms with Gasteiger partial charge >= 0.3 is 5.97 Å². The van der Waals surface area contributed by atoms with Crippen molar-refractivity contribution in [2.75, 3.05) is 20.7 Å². The van der Waals surface area contributed by atoms with Crippen LogP contribution in [0.1, 0.15) is 25.2 Å². The van der Waals surface area contributed by atoms with Gasteiger partial charge in [-0.25, -0.2) is 0 Å². The third-order valence-corrected chi connectivity index (χ3v) is 3.90. The summed E-state index contributed by atoms with van der Waals surface area (Å²) in [5.41, 5.74) is 0.797. The Hall–Kier alpha value is -2.41. The second kappa shape index (κ2) is 9.17. The molecule has 0 aliphatic rings. The number of methoxy groups -OCH3 is 1. The van der Waals surface area contributed by atoms with Gasteiger partial charge in [-0.2, -0.15) is 4.98 Å². The van der Waals surface area contributed by atoms with Gasteiger partial charge in [-0.15, -0.1) is 0 Å². The zero-order valence-corrected chi connectivity index (χ0v) is 15.0. The predicted octanol–water partition coefficient (Wildman–Crippen LogP) is 2.73. The number of esters is 1. The van der Waals surface area contributed by atoms with E-state index < -0.39 is 0 Å². The minimum Gasteiger partial charge on any atom is -0.469 e. The van der Waals surface area contributed by atoms with E-state index in [0.29, 0.717) is 42.5 Å². The van der Waals surface area contributed by atoms with Crippen LogP contribution in [0, 0.1) is 0 Å². The highest BCUT2D eigenvalue weighted by atomic mass is 35.5.